The number of nitrogens with one attached hydrogen (secondary N) is 2. The highest BCUT2D eigenvalue weighted by molar-refractivity contribution is 6.02. The van der Waals surface area contributed by atoms with E-state index in [1.54, 1.807) is 19.3 Å². The first-order valence-corrected chi connectivity index (χ1v) is 14.5. The van der Waals surface area contributed by atoms with E-state index >= 15 is 0 Å². The molecule has 1 atom stereocenters. The molecule has 0 spiro atoms. The van der Waals surface area contributed by atoms with Crippen molar-refractivity contribution in [3.05, 3.63) is 65.4 Å². The third-order valence-electron chi connectivity index (χ3n) is 8.53. The number of rotatable bonds is 8. The molecule has 1 aromatic heterocycles. The summed E-state index contributed by atoms with van der Waals surface area (Å²) >= 11 is 0. The lowest BCUT2D eigenvalue weighted by Crippen LogP contribution is -2.49. The van der Waals surface area contributed by atoms with Crippen LogP contribution in [-0.4, -0.2) is 61.2 Å². The lowest BCUT2D eigenvalue weighted by Gasteiger charge is -2.37. The molecule has 2 amide bonds. The molecule has 0 bridgehead atoms. The molecule has 0 unspecified atom stereocenters. The minimum atomic E-state index is -0.953. The fourth-order valence-electron chi connectivity index (χ4n) is 5.54. The minimum absolute atomic E-state index is 0.0451. The largest absolute Gasteiger partial charge is 0.489 e. The van der Waals surface area contributed by atoms with Crippen LogP contribution in [-0.2, 0) is 16.0 Å². The maximum absolute atomic E-state index is 14.1. The van der Waals surface area contributed by atoms with Crippen LogP contribution >= 0.6 is 0 Å². The predicted molar refractivity (Wildman–Crippen MR) is 159 cm³/mol. The molecule has 3 aromatic rings. The summed E-state index contributed by atoms with van der Waals surface area (Å²) in [5, 5.41) is 6.30. The Balaban J connectivity index is 1.31. The standard InChI is InChI=1S/C32H38FN5O4/c1-5-21-17-34-29(37-28(21)24-15-22(33)8-7-20(24)3)30(39)36-25-18-42-27-10-9-23(16-26(27)38(4)31(25)40)35-19-32(6-2)11-13-41-14-12-32/h7-10,15-17,25,35H,5-6,11-14,18-19H2,1-4H3,(H,36,39)/t25-/m0/s1. The third kappa shape index (κ3) is 6.09. The van der Waals surface area contributed by atoms with Crippen LogP contribution in [0.15, 0.2) is 42.6 Å². The van der Waals surface area contributed by atoms with E-state index in [2.05, 4.69) is 27.5 Å². The number of anilines is 2. The molecule has 2 N–H and O–H groups in total. The van der Waals surface area contributed by atoms with Crippen LogP contribution in [0.1, 0.15) is 54.9 Å². The number of likely N-dealkylation sites (N-methyl/N-ethyl adjacent to an activating group) is 1. The summed E-state index contributed by atoms with van der Waals surface area (Å²) in [6.45, 7) is 8.34. The lowest BCUT2D eigenvalue weighted by atomic mass is 9.78. The number of ether oxygens (including phenoxy) is 2. The zero-order chi connectivity index (χ0) is 29.9. The molecule has 9 nitrogen and oxygen atoms in total. The predicted octanol–water partition coefficient (Wildman–Crippen LogP) is 4.93. The van der Waals surface area contributed by atoms with Gasteiger partial charge in [0.05, 0.1) is 11.4 Å². The molecule has 5 rings (SSSR count). The first-order valence-electron chi connectivity index (χ1n) is 14.5. The average Bonchev–Trinajstić information content (AvgIpc) is 3.13. The number of fused-ring (bicyclic) bond motifs is 1. The average molecular weight is 576 g/mol. The van der Waals surface area contributed by atoms with Crippen LogP contribution in [0.4, 0.5) is 15.8 Å². The Hall–Kier alpha value is -4.05. The zero-order valence-corrected chi connectivity index (χ0v) is 24.6. The molecule has 0 aliphatic carbocycles. The Bertz CT molecular complexity index is 1470. The van der Waals surface area contributed by atoms with Crippen LogP contribution in [0.3, 0.4) is 0 Å². The van der Waals surface area contributed by atoms with Crippen molar-refractivity contribution in [1.29, 1.82) is 0 Å². The number of hydrogen-bond acceptors (Lipinski definition) is 7. The van der Waals surface area contributed by atoms with Crippen molar-refractivity contribution in [1.82, 2.24) is 15.3 Å². The van der Waals surface area contributed by atoms with Gasteiger partial charge in [0.15, 0.2) is 0 Å². The highest BCUT2D eigenvalue weighted by Gasteiger charge is 2.33. The topological polar surface area (TPSA) is 106 Å². The van der Waals surface area contributed by atoms with Crippen molar-refractivity contribution in [2.24, 2.45) is 5.41 Å². The van der Waals surface area contributed by atoms with Gasteiger partial charge in [0.1, 0.15) is 24.2 Å². The van der Waals surface area contributed by atoms with Gasteiger partial charge in [0.25, 0.3) is 11.8 Å². The minimum Gasteiger partial charge on any atom is -0.489 e. The van der Waals surface area contributed by atoms with E-state index in [9.17, 15) is 14.0 Å². The van der Waals surface area contributed by atoms with Gasteiger partial charge in [-0.3, -0.25) is 9.59 Å². The summed E-state index contributed by atoms with van der Waals surface area (Å²) in [5.74, 6) is -0.875. The number of amides is 2. The number of aromatic nitrogens is 2. The second kappa shape index (κ2) is 12.4. The summed E-state index contributed by atoms with van der Waals surface area (Å²) < 4.78 is 25.6. The molecule has 222 valence electrons. The van der Waals surface area contributed by atoms with E-state index in [1.807, 2.05) is 32.0 Å². The Morgan fingerprint density at radius 1 is 1.17 bits per heavy atom. The van der Waals surface area contributed by atoms with Crippen LogP contribution < -0.4 is 20.3 Å². The quantitative estimate of drug-likeness (QED) is 0.393. The van der Waals surface area contributed by atoms with Crippen molar-refractivity contribution in [2.45, 2.75) is 52.5 Å². The normalized spacial score (nSPS) is 18.1. The number of nitrogens with zero attached hydrogens (tertiary/aromatic N) is 3. The maximum atomic E-state index is 14.1. The van der Waals surface area contributed by atoms with Crippen molar-refractivity contribution in [2.75, 3.05) is 43.6 Å². The van der Waals surface area contributed by atoms with Gasteiger partial charge < -0.3 is 25.0 Å². The molecule has 1 fully saturated rings. The van der Waals surface area contributed by atoms with Crippen molar-refractivity contribution < 1.29 is 23.5 Å². The highest BCUT2D eigenvalue weighted by atomic mass is 19.1. The molecular weight excluding hydrogens is 537 g/mol. The molecule has 0 saturated carbocycles. The molecule has 0 radical (unpaired) electrons. The second-order valence-electron chi connectivity index (χ2n) is 11.1. The Labute approximate surface area is 245 Å². The van der Waals surface area contributed by atoms with Gasteiger partial charge in [-0.2, -0.15) is 0 Å². The smallest absolute Gasteiger partial charge is 0.289 e. The van der Waals surface area contributed by atoms with E-state index in [0.29, 0.717) is 29.1 Å². The van der Waals surface area contributed by atoms with E-state index in [1.165, 1.54) is 17.0 Å². The van der Waals surface area contributed by atoms with E-state index in [4.69, 9.17) is 9.47 Å². The van der Waals surface area contributed by atoms with Crippen LogP contribution in [0.2, 0.25) is 0 Å². The molecular formula is C32H38FN5O4. The number of aryl methyl sites for hydroxylation is 2. The SMILES string of the molecule is CCc1cnc(C(=O)N[C@H]2COc3ccc(NCC4(CC)CCOCC4)cc3N(C)C2=O)nc1-c1cc(F)ccc1C. The second-order valence-corrected chi connectivity index (χ2v) is 11.1. The summed E-state index contributed by atoms with van der Waals surface area (Å²) in [7, 11) is 1.67. The van der Waals surface area contributed by atoms with Gasteiger partial charge in [-0.05, 0) is 79.5 Å². The van der Waals surface area contributed by atoms with E-state index < -0.39 is 17.8 Å². The highest BCUT2D eigenvalue weighted by Crippen LogP contribution is 2.37. The van der Waals surface area contributed by atoms with Gasteiger partial charge in [-0.15, -0.1) is 0 Å². The number of benzene rings is 2. The van der Waals surface area contributed by atoms with Crippen LogP contribution in [0, 0.1) is 18.2 Å². The fraction of sp³-hybridized carbons (Fsp3) is 0.438. The van der Waals surface area contributed by atoms with Crippen LogP contribution in [0.5, 0.6) is 5.75 Å². The summed E-state index contributed by atoms with van der Waals surface area (Å²) in [4.78, 5) is 37.0. The van der Waals surface area contributed by atoms with Crippen LogP contribution in [0.25, 0.3) is 11.3 Å². The molecule has 2 aliphatic rings. The molecule has 10 heteroatoms. The molecule has 2 aromatic carbocycles. The van der Waals surface area contributed by atoms with E-state index in [-0.39, 0.29) is 23.8 Å². The van der Waals surface area contributed by atoms with E-state index in [0.717, 1.165) is 55.8 Å². The maximum Gasteiger partial charge on any atom is 0.289 e. The number of carbonyl (C=O) groups is 2. The molecule has 1 saturated heterocycles. The number of halogens is 1. The summed E-state index contributed by atoms with van der Waals surface area (Å²) in [6.07, 6.45) is 5.27. The number of hydrogen-bond donors (Lipinski definition) is 2. The molecule has 42 heavy (non-hydrogen) atoms. The zero-order valence-electron chi connectivity index (χ0n) is 24.6. The number of carbonyl (C=O) groups excluding carboxylic acids is 2. The molecule has 2 aliphatic heterocycles. The lowest BCUT2D eigenvalue weighted by molar-refractivity contribution is -0.120. The summed E-state index contributed by atoms with van der Waals surface area (Å²) in [6, 6.07) is 9.20. The van der Waals surface area contributed by atoms with Crippen molar-refractivity contribution >= 4 is 23.2 Å². The Kier molecular flexibility index (Phi) is 8.72. The molecule has 3 heterocycles. The third-order valence-corrected chi connectivity index (χ3v) is 8.53. The Morgan fingerprint density at radius 2 is 1.95 bits per heavy atom. The van der Waals surface area contributed by atoms with Gasteiger partial charge in [-0.25, -0.2) is 14.4 Å². The monoisotopic (exact) mass is 575 g/mol. The van der Waals surface area contributed by atoms with Crippen molar-refractivity contribution in [3.8, 4) is 17.0 Å². The first-order chi connectivity index (χ1) is 20.2. The Morgan fingerprint density at radius 3 is 2.69 bits per heavy atom. The van der Waals surface area contributed by atoms with Crippen molar-refractivity contribution in [3.63, 3.8) is 0 Å². The van der Waals surface area contributed by atoms with Gasteiger partial charge in [0, 0.05) is 44.3 Å². The van der Waals surface area contributed by atoms with Gasteiger partial charge >= 0.3 is 0 Å². The fourth-order valence-corrected chi connectivity index (χ4v) is 5.54. The van der Waals surface area contributed by atoms with Gasteiger partial charge in [0.2, 0.25) is 5.82 Å². The van der Waals surface area contributed by atoms with Gasteiger partial charge in [-0.1, -0.05) is 19.9 Å². The summed E-state index contributed by atoms with van der Waals surface area (Å²) in [5.41, 5.74) is 4.40. The first kappa shape index (κ1) is 29.4.